The van der Waals surface area contributed by atoms with Gasteiger partial charge in [-0.05, 0) is 27.1 Å². The van der Waals surface area contributed by atoms with Crippen LogP contribution in [-0.4, -0.2) is 47.8 Å². The first-order valence-corrected chi connectivity index (χ1v) is 6.15. The highest BCUT2D eigenvalue weighted by Crippen LogP contribution is 2.32. The van der Waals surface area contributed by atoms with E-state index in [2.05, 4.69) is 0 Å². The summed E-state index contributed by atoms with van der Waals surface area (Å²) in [4.78, 5) is 35.3. The molecule has 1 aromatic carbocycles. The lowest BCUT2D eigenvalue weighted by atomic mass is 10.2. The van der Waals surface area contributed by atoms with E-state index < -0.39 is 15.5 Å². The highest BCUT2D eigenvalue weighted by Gasteiger charge is 2.26. The summed E-state index contributed by atoms with van der Waals surface area (Å²) in [7, 11) is 3.41. The van der Waals surface area contributed by atoms with Crippen LogP contribution >= 0.6 is 0 Å². The largest absolute Gasteiger partial charge is 0.306 e. The number of non-ortho nitro benzene ring substituents is 1. The number of anilines is 1. The van der Waals surface area contributed by atoms with E-state index in [1.54, 1.807) is 25.9 Å². The molecule has 0 atom stereocenters. The van der Waals surface area contributed by atoms with Crippen molar-refractivity contribution in [2.24, 2.45) is 0 Å². The summed E-state index contributed by atoms with van der Waals surface area (Å²) < 4.78 is 0. The fraction of sp³-hybridized carbons (Fsp3) is 0.417. The summed E-state index contributed by atoms with van der Waals surface area (Å²) in [6.45, 7) is 1.99. The molecule has 1 aromatic rings. The van der Waals surface area contributed by atoms with E-state index >= 15 is 0 Å². The second-order valence-corrected chi connectivity index (χ2v) is 4.56. The standard InChI is InChI=1S/C12H16N4O5/c1-4-14(12(17)8-13(2)3)10-6-5-9(15(18)19)7-11(10)16(20)21/h5-7H,4,8H2,1-3H3. The molecule has 0 heterocycles. The van der Waals surface area contributed by atoms with Crippen LogP contribution in [0.5, 0.6) is 0 Å². The Balaban J connectivity index is 3.29. The number of nitro groups is 2. The minimum absolute atomic E-state index is 0.0555. The number of carbonyl (C=O) groups is 1. The molecule has 21 heavy (non-hydrogen) atoms. The van der Waals surface area contributed by atoms with Crippen molar-refractivity contribution in [1.29, 1.82) is 0 Å². The lowest BCUT2D eigenvalue weighted by molar-refractivity contribution is -0.393. The Bertz CT molecular complexity index is 573. The normalized spacial score (nSPS) is 10.5. The zero-order chi connectivity index (χ0) is 16.2. The van der Waals surface area contributed by atoms with Crippen molar-refractivity contribution in [2.45, 2.75) is 6.92 Å². The van der Waals surface area contributed by atoms with E-state index in [0.717, 1.165) is 12.1 Å². The van der Waals surface area contributed by atoms with Crippen LogP contribution in [0, 0.1) is 20.2 Å². The van der Waals surface area contributed by atoms with Gasteiger partial charge in [0.05, 0.1) is 22.5 Å². The van der Waals surface area contributed by atoms with Crippen LogP contribution < -0.4 is 4.90 Å². The lowest BCUT2D eigenvalue weighted by Crippen LogP contribution is -2.38. The van der Waals surface area contributed by atoms with Crippen molar-refractivity contribution in [3.05, 3.63) is 38.4 Å². The zero-order valence-electron chi connectivity index (χ0n) is 12.0. The molecule has 0 aliphatic carbocycles. The van der Waals surface area contributed by atoms with Gasteiger partial charge in [-0.25, -0.2) is 0 Å². The third-order valence-corrected chi connectivity index (χ3v) is 2.73. The molecule has 0 saturated heterocycles. The molecule has 0 radical (unpaired) electrons. The third-order valence-electron chi connectivity index (χ3n) is 2.73. The molecule has 9 nitrogen and oxygen atoms in total. The van der Waals surface area contributed by atoms with E-state index in [0.29, 0.717) is 0 Å². The van der Waals surface area contributed by atoms with Crippen LogP contribution in [-0.2, 0) is 4.79 Å². The molecule has 0 aliphatic heterocycles. The van der Waals surface area contributed by atoms with Crippen molar-refractivity contribution in [1.82, 2.24) is 4.90 Å². The summed E-state index contributed by atoms with van der Waals surface area (Å²) in [5.74, 6) is -0.320. The number of hydrogen-bond donors (Lipinski definition) is 0. The highest BCUT2D eigenvalue weighted by molar-refractivity contribution is 5.97. The monoisotopic (exact) mass is 296 g/mol. The quantitative estimate of drug-likeness (QED) is 0.580. The van der Waals surface area contributed by atoms with Crippen LogP contribution in [0.3, 0.4) is 0 Å². The first-order valence-electron chi connectivity index (χ1n) is 6.15. The van der Waals surface area contributed by atoms with Crippen molar-refractivity contribution in [3.63, 3.8) is 0 Å². The third kappa shape index (κ3) is 3.96. The van der Waals surface area contributed by atoms with Gasteiger partial charge in [-0.1, -0.05) is 0 Å². The van der Waals surface area contributed by atoms with Gasteiger partial charge in [0.25, 0.3) is 11.4 Å². The van der Waals surface area contributed by atoms with E-state index in [4.69, 9.17) is 0 Å². The van der Waals surface area contributed by atoms with Gasteiger partial charge >= 0.3 is 0 Å². The molecule has 0 unspecified atom stereocenters. The predicted octanol–water partition coefficient (Wildman–Crippen LogP) is 1.42. The van der Waals surface area contributed by atoms with Crippen LogP contribution in [0.2, 0.25) is 0 Å². The number of likely N-dealkylation sites (N-methyl/N-ethyl adjacent to an activating group) is 2. The van der Waals surface area contributed by atoms with Crippen LogP contribution in [0.15, 0.2) is 18.2 Å². The number of amides is 1. The Hall–Kier alpha value is -2.55. The first-order chi connectivity index (χ1) is 9.77. The van der Waals surface area contributed by atoms with E-state index in [1.807, 2.05) is 0 Å². The average molecular weight is 296 g/mol. The molecular formula is C12H16N4O5. The van der Waals surface area contributed by atoms with Crippen molar-refractivity contribution >= 4 is 23.0 Å². The van der Waals surface area contributed by atoms with E-state index in [1.165, 1.54) is 11.0 Å². The second-order valence-electron chi connectivity index (χ2n) is 4.56. The summed E-state index contributed by atoms with van der Waals surface area (Å²) in [5, 5.41) is 21.8. The topological polar surface area (TPSA) is 110 Å². The SMILES string of the molecule is CCN(C(=O)CN(C)C)c1ccc([N+](=O)[O-])cc1[N+](=O)[O-]. The number of benzene rings is 1. The van der Waals surface area contributed by atoms with Crippen molar-refractivity contribution in [3.8, 4) is 0 Å². The maximum atomic E-state index is 12.1. The number of nitro benzene ring substituents is 2. The van der Waals surface area contributed by atoms with Gasteiger partial charge in [-0.15, -0.1) is 0 Å². The first kappa shape index (κ1) is 16.5. The van der Waals surface area contributed by atoms with Crippen LogP contribution in [0.1, 0.15) is 6.92 Å². The van der Waals surface area contributed by atoms with Crippen molar-refractivity contribution in [2.75, 3.05) is 32.1 Å². The summed E-state index contributed by atoms with van der Waals surface area (Å²) in [6.07, 6.45) is 0. The molecule has 1 amide bonds. The number of nitrogens with zero attached hydrogens (tertiary/aromatic N) is 4. The molecule has 1 rings (SSSR count). The molecule has 0 bridgehead atoms. The van der Waals surface area contributed by atoms with Gasteiger partial charge in [-0.2, -0.15) is 0 Å². The number of hydrogen-bond acceptors (Lipinski definition) is 6. The molecule has 0 saturated carbocycles. The minimum atomic E-state index is -0.728. The molecule has 0 fully saturated rings. The van der Waals surface area contributed by atoms with E-state index in [-0.39, 0.29) is 30.4 Å². The smallest absolute Gasteiger partial charge is 0.299 e. The Morgan fingerprint density at radius 2 is 1.81 bits per heavy atom. The van der Waals surface area contributed by atoms with Gasteiger partial charge in [0.15, 0.2) is 0 Å². The Morgan fingerprint density at radius 3 is 2.24 bits per heavy atom. The predicted molar refractivity (Wildman–Crippen MR) is 76.3 cm³/mol. The summed E-state index contributed by atoms with van der Waals surface area (Å²) >= 11 is 0. The van der Waals surface area contributed by atoms with Crippen LogP contribution in [0.25, 0.3) is 0 Å². The Morgan fingerprint density at radius 1 is 1.19 bits per heavy atom. The average Bonchev–Trinajstić information content (AvgIpc) is 2.38. The number of carbonyl (C=O) groups excluding carboxylic acids is 1. The van der Waals surface area contributed by atoms with Crippen molar-refractivity contribution < 1.29 is 14.6 Å². The zero-order valence-corrected chi connectivity index (χ0v) is 12.0. The Labute approximate surface area is 121 Å². The molecule has 0 spiro atoms. The fourth-order valence-corrected chi connectivity index (χ4v) is 1.84. The molecule has 0 aromatic heterocycles. The minimum Gasteiger partial charge on any atom is -0.306 e. The lowest BCUT2D eigenvalue weighted by Gasteiger charge is -2.22. The number of rotatable bonds is 6. The molecular weight excluding hydrogens is 280 g/mol. The van der Waals surface area contributed by atoms with Gasteiger partial charge in [0, 0.05) is 12.6 Å². The summed E-state index contributed by atoms with van der Waals surface area (Å²) in [5.41, 5.74) is -0.792. The molecule has 0 N–H and O–H groups in total. The Kier molecular flexibility index (Phi) is 5.30. The summed E-state index contributed by atoms with van der Waals surface area (Å²) in [6, 6.07) is 3.24. The van der Waals surface area contributed by atoms with Gasteiger partial charge < -0.3 is 9.80 Å². The molecule has 9 heteroatoms. The van der Waals surface area contributed by atoms with Crippen LogP contribution in [0.4, 0.5) is 17.1 Å². The maximum Gasteiger partial charge on any atom is 0.299 e. The fourth-order valence-electron chi connectivity index (χ4n) is 1.84. The van der Waals surface area contributed by atoms with E-state index in [9.17, 15) is 25.0 Å². The molecule has 114 valence electrons. The second kappa shape index (κ2) is 6.75. The highest BCUT2D eigenvalue weighted by atomic mass is 16.6. The molecule has 0 aliphatic rings. The maximum absolute atomic E-state index is 12.1. The van der Waals surface area contributed by atoms with Gasteiger partial charge in [0.1, 0.15) is 5.69 Å². The van der Waals surface area contributed by atoms with Gasteiger partial charge in [-0.3, -0.25) is 25.0 Å². The van der Waals surface area contributed by atoms with Gasteiger partial charge in [0.2, 0.25) is 5.91 Å².